The number of esters is 1. The van der Waals surface area contributed by atoms with E-state index in [0.29, 0.717) is 25.9 Å². The summed E-state index contributed by atoms with van der Waals surface area (Å²) in [7, 11) is 1.38. The van der Waals surface area contributed by atoms with Gasteiger partial charge in [0.05, 0.1) is 19.8 Å². The van der Waals surface area contributed by atoms with Crippen LogP contribution in [0.4, 0.5) is 0 Å². The minimum atomic E-state index is -0.418. The molecule has 0 amide bonds. The summed E-state index contributed by atoms with van der Waals surface area (Å²) < 4.78 is 10.0. The van der Waals surface area contributed by atoms with Gasteiger partial charge in [-0.3, -0.25) is 4.79 Å². The molecule has 1 rings (SSSR count). The molecule has 0 spiro atoms. The number of benzene rings is 1. The van der Waals surface area contributed by atoms with E-state index < -0.39 is 6.10 Å². The van der Waals surface area contributed by atoms with Gasteiger partial charge in [0.2, 0.25) is 0 Å². The summed E-state index contributed by atoms with van der Waals surface area (Å²) in [6.07, 6.45) is 1.27. The van der Waals surface area contributed by atoms with Gasteiger partial charge < -0.3 is 14.6 Å². The van der Waals surface area contributed by atoms with Gasteiger partial charge >= 0.3 is 5.97 Å². The van der Waals surface area contributed by atoms with Crippen molar-refractivity contribution in [3.05, 3.63) is 29.8 Å². The van der Waals surface area contributed by atoms with Gasteiger partial charge in [-0.05, 0) is 30.5 Å². The number of aliphatic hydroxyl groups excluding tert-OH is 1. The Labute approximate surface area is 108 Å². The fourth-order valence-corrected chi connectivity index (χ4v) is 1.53. The zero-order valence-corrected chi connectivity index (χ0v) is 10.9. The van der Waals surface area contributed by atoms with Crippen LogP contribution in [0.2, 0.25) is 0 Å². The molecule has 0 aliphatic carbocycles. The molecule has 1 aromatic carbocycles. The van der Waals surface area contributed by atoms with Crippen LogP contribution in [-0.4, -0.2) is 24.8 Å². The van der Waals surface area contributed by atoms with Crippen molar-refractivity contribution in [3.63, 3.8) is 0 Å². The minimum absolute atomic E-state index is 0.222. The van der Waals surface area contributed by atoms with E-state index in [0.717, 1.165) is 11.3 Å². The smallest absolute Gasteiger partial charge is 0.305 e. The molecule has 1 aromatic rings. The van der Waals surface area contributed by atoms with E-state index in [9.17, 15) is 9.90 Å². The van der Waals surface area contributed by atoms with Crippen molar-refractivity contribution in [3.8, 4) is 5.75 Å². The highest BCUT2D eigenvalue weighted by Gasteiger charge is 2.04. The van der Waals surface area contributed by atoms with Crippen molar-refractivity contribution < 1.29 is 19.4 Å². The van der Waals surface area contributed by atoms with E-state index in [-0.39, 0.29) is 5.97 Å². The number of hydrogen-bond donors (Lipinski definition) is 1. The molecule has 0 heterocycles. The molecule has 0 saturated heterocycles. The third-order valence-electron chi connectivity index (χ3n) is 2.67. The highest BCUT2D eigenvalue weighted by Crippen LogP contribution is 2.19. The Morgan fingerprint density at radius 2 is 2.00 bits per heavy atom. The first-order valence-corrected chi connectivity index (χ1v) is 6.15. The molecular weight excluding hydrogens is 232 g/mol. The lowest BCUT2D eigenvalue weighted by Crippen LogP contribution is -2.04. The van der Waals surface area contributed by atoms with Crippen LogP contribution in [0.25, 0.3) is 0 Å². The first-order chi connectivity index (χ1) is 8.67. The Morgan fingerprint density at radius 3 is 2.56 bits per heavy atom. The maximum atomic E-state index is 10.9. The van der Waals surface area contributed by atoms with Crippen molar-refractivity contribution in [2.75, 3.05) is 13.7 Å². The summed E-state index contributed by atoms with van der Waals surface area (Å²) in [6, 6.07) is 7.35. The Bertz CT molecular complexity index is 359. The van der Waals surface area contributed by atoms with Gasteiger partial charge in [-0.2, -0.15) is 0 Å². The fourth-order valence-electron chi connectivity index (χ4n) is 1.53. The quantitative estimate of drug-likeness (QED) is 0.598. The molecule has 0 aromatic heterocycles. The molecule has 0 bridgehead atoms. The van der Waals surface area contributed by atoms with Crippen molar-refractivity contribution >= 4 is 5.97 Å². The molecule has 0 unspecified atom stereocenters. The molecule has 0 aliphatic heterocycles. The van der Waals surface area contributed by atoms with E-state index in [1.54, 1.807) is 0 Å². The summed E-state index contributed by atoms with van der Waals surface area (Å²) in [6.45, 7) is 2.41. The van der Waals surface area contributed by atoms with Crippen LogP contribution in [0.15, 0.2) is 24.3 Å². The molecule has 4 nitrogen and oxygen atoms in total. The predicted octanol–water partition coefficient (Wildman–Crippen LogP) is 2.46. The summed E-state index contributed by atoms with van der Waals surface area (Å²) in [5.41, 5.74) is 0.888. The molecule has 0 saturated carbocycles. The number of carbonyl (C=O) groups excluding carboxylic acids is 1. The molecule has 1 N–H and O–H groups in total. The van der Waals surface area contributed by atoms with Crippen LogP contribution in [0.3, 0.4) is 0 Å². The average Bonchev–Trinajstić information content (AvgIpc) is 2.43. The van der Waals surface area contributed by atoms with Gasteiger partial charge in [0.25, 0.3) is 0 Å². The van der Waals surface area contributed by atoms with Crippen molar-refractivity contribution in [2.45, 2.75) is 32.3 Å². The van der Waals surface area contributed by atoms with Crippen LogP contribution in [0.5, 0.6) is 5.75 Å². The summed E-state index contributed by atoms with van der Waals surface area (Å²) in [5.74, 6) is 0.520. The lowest BCUT2D eigenvalue weighted by atomic mass is 10.1. The maximum Gasteiger partial charge on any atom is 0.305 e. The third-order valence-corrected chi connectivity index (χ3v) is 2.67. The van der Waals surface area contributed by atoms with Gasteiger partial charge in [-0.25, -0.2) is 0 Å². The summed E-state index contributed by atoms with van der Waals surface area (Å²) >= 11 is 0. The molecule has 0 aliphatic rings. The van der Waals surface area contributed by atoms with Gasteiger partial charge in [0.15, 0.2) is 0 Å². The summed E-state index contributed by atoms with van der Waals surface area (Å²) in [5, 5.41) is 9.63. The van der Waals surface area contributed by atoms with Gasteiger partial charge in [-0.15, -0.1) is 0 Å². The van der Waals surface area contributed by atoms with Crippen molar-refractivity contribution in [1.82, 2.24) is 0 Å². The Hall–Kier alpha value is -1.55. The first-order valence-electron chi connectivity index (χ1n) is 6.15. The number of carbonyl (C=O) groups is 1. The first kappa shape index (κ1) is 14.5. The van der Waals surface area contributed by atoms with Crippen molar-refractivity contribution in [1.29, 1.82) is 0 Å². The van der Waals surface area contributed by atoms with Gasteiger partial charge in [0, 0.05) is 6.42 Å². The molecule has 0 radical (unpaired) electrons. The van der Waals surface area contributed by atoms with Crippen LogP contribution in [-0.2, 0) is 9.53 Å². The maximum absolute atomic E-state index is 10.9. The fraction of sp³-hybridized carbons (Fsp3) is 0.500. The Balaban J connectivity index is 2.33. The van der Waals surface area contributed by atoms with Crippen LogP contribution in [0.1, 0.15) is 37.9 Å². The van der Waals surface area contributed by atoms with E-state index in [4.69, 9.17) is 4.74 Å². The highest BCUT2D eigenvalue weighted by atomic mass is 16.5. The molecule has 1 atom stereocenters. The second-order valence-corrected chi connectivity index (χ2v) is 4.02. The number of aliphatic hydroxyl groups is 1. The van der Waals surface area contributed by atoms with Crippen LogP contribution >= 0.6 is 0 Å². The predicted molar refractivity (Wildman–Crippen MR) is 68.4 cm³/mol. The average molecular weight is 252 g/mol. The molecular formula is C14H20O4. The zero-order valence-electron chi connectivity index (χ0n) is 10.9. The number of methoxy groups -OCH3 is 1. The number of rotatable bonds is 7. The van der Waals surface area contributed by atoms with Crippen molar-refractivity contribution in [2.24, 2.45) is 0 Å². The van der Waals surface area contributed by atoms with E-state index in [2.05, 4.69) is 4.74 Å². The Kier molecular flexibility index (Phi) is 6.22. The monoisotopic (exact) mass is 252 g/mol. The third kappa shape index (κ3) is 4.75. The second-order valence-electron chi connectivity index (χ2n) is 4.02. The van der Waals surface area contributed by atoms with E-state index in [1.807, 2.05) is 31.2 Å². The number of ether oxygens (including phenoxy) is 2. The zero-order chi connectivity index (χ0) is 13.4. The molecule has 18 heavy (non-hydrogen) atoms. The Morgan fingerprint density at radius 1 is 1.33 bits per heavy atom. The van der Waals surface area contributed by atoms with Crippen LogP contribution < -0.4 is 4.74 Å². The molecule has 100 valence electrons. The molecule has 4 heteroatoms. The SMILES string of the molecule is CC[C@@H](O)c1ccc(OCCCC(=O)OC)cc1. The van der Waals surface area contributed by atoms with Crippen LogP contribution in [0, 0.1) is 0 Å². The van der Waals surface area contributed by atoms with Gasteiger partial charge in [-0.1, -0.05) is 19.1 Å². The molecule has 0 fully saturated rings. The lowest BCUT2D eigenvalue weighted by Gasteiger charge is -2.10. The van der Waals surface area contributed by atoms with Gasteiger partial charge in [0.1, 0.15) is 5.75 Å². The normalized spacial score (nSPS) is 11.9. The highest BCUT2D eigenvalue weighted by molar-refractivity contribution is 5.69. The standard InChI is InChI=1S/C14H20O4/c1-3-13(15)11-6-8-12(9-7-11)18-10-4-5-14(16)17-2/h6-9,13,15H,3-5,10H2,1-2H3/t13-/m1/s1. The largest absolute Gasteiger partial charge is 0.494 e. The topological polar surface area (TPSA) is 55.8 Å². The minimum Gasteiger partial charge on any atom is -0.494 e. The summed E-state index contributed by atoms with van der Waals surface area (Å²) in [4.78, 5) is 10.9. The van der Waals surface area contributed by atoms with E-state index >= 15 is 0 Å². The van der Waals surface area contributed by atoms with E-state index in [1.165, 1.54) is 7.11 Å². The lowest BCUT2D eigenvalue weighted by molar-refractivity contribution is -0.140. The number of hydrogen-bond acceptors (Lipinski definition) is 4. The second kappa shape index (κ2) is 7.71.